The predicted molar refractivity (Wildman–Crippen MR) is 53.9 cm³/mol. The van der Waals surface area contributed by atoms with Gasteiger partial charge in [-0.3, -0.25) is 4.79 Å². The second-order valence-electron chi connectivity index (χ2n) is 2.03. The highest BCUT2D eigenvalue weighted by molar-refractivity contribution is 7.97. The third kappa shape index (κ3) is 2.35. The fourth-order valence-corrected chi connectivity index (χ4v) is 1.60. The number of amides is 1. The molecule has 0 saturated heterocycles. The van der Waals surface area contributed by atoms with Gasteiger partial charge in [0.25, 0.3) is 5.91 Å². The van der Waals surface area contributed by atoms with Crippen LogP contribution in [0.3, 0.4) is 0 Å². The molecule has 0 aliphatic carbocycles. The van der Waals surface area contributed by atoms with Gasteiger partial charge in [0.05, 0.1) is 4.88 Å². The molecule has 0 bridgehead atoms. The van der Waals surface area contributed by atoms with Gasteiger partial charge in [-0.25, -0.2) is 4.40 Å². The zero-order chi connectivity index (χ0) is 8.97. The topological polar surface area (TPSA) is 55.4 Å². The summed E-state index contributed by atoms with van der Waals surface area (Å²) in [5, 5.41) is 1.85. The fraction of sp³-hybridized carbons (Fsp3) is 0.143. The first-order valence-electron chi connectivity index (χ1n) is 3.19. The highest BCUT2D eigenvalue weighted by Gasteiger charge is 2.02. The Morgan fingerprint density at radius 1 is 1.83 bits per heavy atom. The molecular formula is C7H8N2OS2. The summed E-state index contributed by atoms with van der Waals surface area (Å²) in [6.45, 7) is 0. The van der Waals surface area contributed by atoms with Crippen LogP contribution >= 0.6 is 23.3 Å². The highest BCUT2D eigenvalue weighted by Crippen LogP contribution is 2.12. The first kappa shape index (κ1) is 9.28. The molecule has 0 fully saturated rings. The summed E-state index contributed by atoms with van der Waals surface area (Å²) in [5.41, 5.74) is 6.00. The number of nitrogens with two attached hydrogens (primary N) is 1. The summed E-state index contributed by atoms with van der Waals surface area (Å²) in [7, 11) is 0. The van der Waals surface area contributed by atoms with Gasteiger partial charge in [-0.1, -0.05) is 0 Å². The highest BCUT2D eigenvalue weighted by atomic mass is 32.2. The molecule has 1 amide bonds. The van der Waals surface area contributed by atoms with E-state index in [0.717, 1.165) is 5.56 Å². The Morgan fingerprint density at radius 3 is 3.08 bits per heavy atom. The lowest BCUT2D eigenvalue weighted by atomic mass is 10.3. The van der Waals surface area contributed by atoms with Crippen LogP contribution in [-0.4, -0.2) is 18.4 Å². The zero-order valence-electron chi connectivity index (χ0n) is 6.48. The van der Waals surface area contributed by atoms with E-state index >= 15 is 0 Å². The Labute approximate surface area is 78.8 Å². The minimum absolute atomic E-state index is 0.385. The summed E-state index contributed by atoms with van der Waals surface area (Å²) in [6.07, 6.45) is 3.57. The summed E-state index contributed by atoms with van der Waals surface area (Å²) in [4.78, 5) is 11.2. The summed E-state index contributed by atoms with van der Waals surface area (Å²) >= 11 is 2.71. The first-order valence-corrected chi connectivity index (χ1v) is 5.25. The number of hydrogen-bond donors (Lipinski definition) is 1. The molecule has 1 rings (SSSR count). The normalized spacial score (nSPS) is 10.8. The molecule has 0 atom stereocenters. The molecule has 5 heteroatoms. The number of thiophene rings is 1. The molecule has 0 unspecified atom stereocenters. The van der Waals surface area contributed by atoms with Crippen LogP contribution in [0.5, 0.6) is 0 Å². The minimum Gasteiger partial charge on any atom is -0.365 e. The maximum atomic E-state index is 10.7. The number of carbonyl (C=O) groups excluding carboxylic acids is 1. The summed E-state index contributed by atoms with van der Waals surface area (Å²) < 4.78 is 3.96. The fourth-order valence-electron chi connectivity index (χ4n) is 0.661. The largest absolute Gasteiger partial charge is 0.365 e. The zero-order valence-corrected chi connectivity index (χ0v) is 8.11. The van der Waals surface area contributed by atoms with E-state index in [-0.39, 0.29) is 5.91 Å². The lowest BCUT2D eigenvalue weighted by Gasteiger charge is -1.82. The van der Waals surface area contributed by atoms with Crippen molar-refractivity contribution in [1.82, 2.24) is 0 Å². The molecule has 0 spiro atoms. The number of nitrogens with zero attached hydrogens (tertiary/aromatic N) is 1. The van der Waals surface area contributed by atoms with Crippen molar-refractivity contribution in [2.75, 3.05) is 6.26 Å². The molecule has 0 saturated carbocycles. The van der Waals surface area contributed by atoms with E-state index in [2.05, 4.69) is 4.40 Å². The van der Waals surface area contributed by atoms with Gasteiger partial charge in [-0.15, -0.1) is 11.3 Å². The Morgan fingerprint density at radius 2 is 2.58 bits per heavy atom. The van der Waals surface area contributed by atoms with Crippen molar-refractivity contribution in [2.45, 2.75) is 0 Å². The van der Waals surface area contributed by atoms with Crippen LogP contribution in [0.1, 0.15) is 15.2 Å². The molecule has 0 radical (unpaired) electrons. The van der Waals surface area contributed by atoms with E-state index in [1.807, 2.05) is 11.6 Å². The standard InChI is InChI=1S/C7H8N2OS2/c1-11-9-3-5-2-6(7(8)10)12-4-5/h2-4H,1H3,(H2,8,10). The predicted octanol–water partition coefficient (Wildman–Crippen LogP) is 1.54. The monoisotopic (exact) mass is 200 g/mol. The van der Waals surface area contributed by atoms with Crippen LogP contribution in [-0.2, 0) is 0 Å². The van der Waals surface area contributed by atoms with E-state index in [0.29, 0.717) is 4.88 Å². The summed E-state index contributed by atoms with van der Waals surface area (Å²) in [5.74, 6) is -0.385. The van der Waals surface area contributed by atoms with E-state index in [9.17, 15) is 4.79 Å². The van der Waals surface area contributed by atoms with Crippen molar-refractivity contribution in [3.05, 3.63) is 21.9 Å². The van der Waals surface area contributed by atoms with Crippen molar-refractivity contribution in [3.63, 3.8) is 0 Å². The molecule has 0 aliphatic heterocycles. The van der Waals surface area contributed by atoms with Gasteiger partial charge in [0, 0.05) is 23.4 Å². The van der Waals surface area contributed by atoms with Crippen molar-refractivity contribution < 1.29 is 4.79 Å². The van der Waals surface area contributed by atoms with Crippen LogP contribution in [0, 0.1) is 0 Å². The van der Waals surface area contributed by atoms with Gasteiger partial charge in [0.2, 0.25) is 0 Å². The van der Waals surface area contributed by atoms with Gasteiger partial charge in [-0.05, 0) is 18.0 Å². The van der Waals surface area contributed by atoms with Gasteiger partial charge in [-0.2, -0.15) is 0 Å². The second-order valence-corrected chi connectivity index (χ2v) is 3.51. The van der Waals surface area contributed by atoms with Crippen LogP contribution in [0.2, 0.25) is 0 Å². The first-order chi connectivity index (χ1) is 5.74. The minimum atomic E-state index is -0.385. The van der Waals surface area contributed by atoms with Crippen LogP contribution in [0.15, 0.2) is 15.8 Å². The maximum Gasteiger partial charge on any atom is 0.258 e. The lowest BCUT2D eigenvalue weighted by molar-refractivity contribution is 0.100. The molecule has 2 N–H and O–H groups in total. The molecule has 0 aliphatic rings. The average molecular weight is 200 g/mol. The van der Waals surface area contributed by atoms with Gasteiger partial charge < -0.3 is 5.73 Å². The second kappa shape index (κ2) is 4.27. The number of primary amides is 1. The molecule has 0 aromatic carbocycles. The quantitative estimate of drug-likeness (QED) is 0.594. The maximum absolute atomic E-state index is 10.7. The average Bonchev–Trinajstić information content (AvgIpc) is 2.48. The van der Waals surface area contributed by atoms with Crippen LogP contribution in [0.4, 0.5) is 0 Å². The van der Waals surface area contributed by atoms with Crippen molar-refractivity contribution >= 4 is 35.4 Å². The molecule has 1 aromatic heterocycles. The van der Waals surface area contributed by atoms with E-state index in [1.165, 1.54) is 23.3 Å². The smallest absolute Gasteiger partial charge is 0.258 e. The van der Waals surface area contributed by atoms with E-state index in [1.54, 1.807) is 12.3 Å². The SMILES string of the molecule is CSN=Cc1csc(C(N)=O)c1. The third-order valence-corrected chi connectivity index (χ3v) is 2.45. The molecule has 3 nitrogen and oxygen atoms in total. The Balaban J connectivity index is 2.77. The Hall–Kier alpha value is -0.810. The molecule has 1 heterocycles. The molecule has 64 valence electrons. The van der Waals surface area contributed by atoms with E-state index < -0.39 is 0 Å². The van der Waals surface area contributed by atoms with Crippen LogP contribution < -0.4 is 5.73 Å². The van der Waals surface area contributed by atoms with E-state index in [4.69, 9.17) is 5.73 Å². The number of carbonyl (C=O) groups is 1. The third-order valence-electron chi connectivity index (χ3n) is 1.17. The lowest BCUT2D eigenvalue weighted by Crippen LogP contribution is -2.08. The van der Waals surface area contributed by atoms with Gasteiger partial charge in [0.1, 0.15) is 0 Å². The molecule has 12 heavy (non-hydrogen) atoms. The van der Waals surface area contributed by atoms with Crippen molar-refractivity contribution in [2.24, 2.45) is 10.1 Å². The van der Waals surface area contributed by atoms with Gasteiger partial charge >= 0.3 is 0 Å². The molecular weight excluding hydrogens is 192 g/mol. The van der Waals surface area contributed by atoms with Gasteiger partial charge in [0.15, 0.2) is 0 Å². The molecule has 1 aromatic rings. The Kier molecular flexibility index (Phi) is 3.31. The van der Waals surface area contributed by atoms with Crippen LogP contribution in [0.25, 0.3) is 0 Å². The van der Waals surface area contributed by atoms with Crippen molar-refractivity contribution in [1.29, 1.82) is 0 Å². The Bertz CT molecular complexity index is 306. The summed E-state index contributed by atoms with van der Waals surface area (Å²) in [6, 6.07) is 1.73. The van der Waals surface area contributed by atoms with Crippen molar-refractivity contribution in [3.8, 4) is 0 Å². The number of hydrogen-bond acceptors (Lipinski definition) is 4. The number of rotatable bonds is 3.